The number of hydrogen-bond donors (Lipinski definition) is 2. The number of amides is 2. The molecule has 0 aromatic heterocycles. The van der Waals surface area contributed by atoms with Crippen LogP contribution < -0.4 is 11.5 Å². The van der Waals surface area contributed by atoms with E-state index < -0.39 is 5.91 Å². The van der Waals surface area contributed by atoms with Gasteiger partial charge in [0.25, 0.3) is 0 Å². The van der Waals surface area contributed by atoms with E-state index in [2.05, 4.69) is 0 Å². The van der Waals surface area contributed by atoms with E-state index in [1.807, 2.05) is 20.8 Å². The summed E-state index contributed by atoms with van der Waals surface area (Å²) in [7, 11) is 0. The van der Waals surface area contributed by atoms with Crippen molar-refractivity contribution in [2.24, 2.45) is 23.3 Å². The topological polar surface area (TPSA) is 89.4 Å². The molecule has 0 aliphatic heterocycles. The Hall–Kier alpha value is -1.10. The first kappa shape index (κ1) is 14.9. The molecule has 0 heterocycles. The minimum absolute atomic E-state index is 0.0239. The van der Waals surface area contributed by atoms with Crippen LogP contribution in [0, 0.1) is 11.8 Å². The van der Waals surface area contributed by atoms with Gasteiger partial charge < -0.3 is 16.4 Å². The zero-order valence-corrected chi connectivity index (χ0v) is 10.4. The molecule has 16 heavy (non-hydrogen) atoms. The number of rotatable bonds is 7. The molecule has 0 aliphatic rings. The van der Waals surface area contributed by atoms with Gasteiger partial charge in [-0.1, -0.05) is 13.8 Å². The van der Waals surface area contributed by atoms with E-state index in [1.54, 1.807) is 0 Å². The standard InChI is InChI=1S/C11H23N3O2/c1-4-14(7-10(13)15)11(16)9(6-12)5-8(2)3/h8-9H,4-7,12H2,1-3H3,(H2,13,15). The second-order valence-corrected chi connectivity index (χ2v) is 4.38. The van der Waals surface area contributed by atoms with Crippen LogP contribution in [-0.4, -0.2) is 36.3 Å². The average Bonchev–Trinajstić information content (AvgIpc) is 2.20. The van der Waals surface area contributed by atoms with Crippen LogP contribution in [0.1, 0.15) is 27.2 Å². The highest BCUT2D eigenvalue weighted by molar-refractivity contribution is 5.85. The summed E-state index contributed by atoms with van der Waals surface area (Å²) in [6.45, 7) is 6.68. The lowest BCUT2D eigenvalue weighted by Gasteiger charge is -2.25. The zero-order valence-electron chi connectivity index (χ0n) is 10.4. The zero-order chi connectivity index (χ0) is 12.7. The summed E-state index contributed by atoms with van der Waals surface area (Å²) in [5.74, 6) is -0.364. The van der Waals surface area contributed by atoms with Gasteiger partial charge in [0, 0.05) is 13.1 Å². The van der Waals surface area contributed by atoms with Gasteiger partial charge in [-0.2, -0.15) is 0 Å². The maximum absolute atomic E-state index is 12.0. The third-order valence-electron chi connectivity index (χ3n) is 2.43. The fourth-order valence-corrected chi connectivity index (χ4v) is 1.66. The Bertz CT molecular complexity index is 241. The second kappa shape index (κ2) is 7.22. The van der Waals surface area contributed by atoms with Crippen molar-refractivity contribution >= 4 is 11.8 Å². The van der Waals surface area contributed by atoms with E-state index in [1.165, 1.54) is 4.90 Å². The largest absolute Gasteiger partial charge is 0.368 e. The predicted octanol–water partition coefficient (Wildman–Crippen LogP) is -0.0588. The maximum atomic E-state index is 12.0. The molecule has 0 aromatic carbocycles. The lowest BCUT2D eigenvalue weighted by molar-refractivity contribution is -0.138. The van der Waals surface area contributed by atoms with Gasteiger partial charge in [-0.15, -0.1) is 0 Å². The molecule has 5 nitrogen and oxygen atoms in total. The number of hydrogen-bond acceptors (Lipinski definition) is 3. The number of carbonyl (C=O) groups is 2. The van der Waals surface area contributed by atoms with Crippen LogP contribution in [0.2, 0.25) is 0 Å². The quantitative estimate of drug-likeness (QED) is 0.641. The Morgan fingerprint density at radius 3 is 2.19 bits per heavy atom. The van der Waals surface area contributed by atoms with Crippen molar-refractivity contribution in [3.63, 3.8) is 0 Å². The molecule has 0 spiro atoms. The van der Waals surface area contributed by atoms with Gasteiger partial charge in [0.05, 0.1) is 12.5 Å². The van der Waals surface area contributed by atoms with Gasteiger partial charge in [-0.25, -0.2) is 0 Å². The van der Waals surface area contributed by atoms with Crippen molar-refractivity contribution in [3.8, 4) is 0 Å². The van der Waals surface area contributed by atoms with Gasteiger partial charge in [-0.3, -0.25) is 9.59 Å². The number of likely N-dealkylation sites (N-methyl/N-ethyl adjacent to an activating group) is 1. The third-order valence-corrected chi connectivity index (χ3v) is 2.43. The van der Waals surface area contributed by atoms with Crippen molar-refractivity contribution in [2.75, 3.05) is 19.6 Å². The van der Waals surface area contributed by atoms with Gasteiger partial charge in [0.15, 0.2) is 0 Å². The van der Waals surface area contributed by atoms with Crippen LogP contribution in [0.15, 0.2) is 0 Å². The Balaban J connectivity index is 4.50. The lowest BCUT2D eigenvalue weighted by Crippen LogP contribution is -2.43. The third kappa shape index (κ3) is 5.11. The smallest absolute Gasteiger partial charge is 0.237 e. The van der Waals surface area contributed by atoms with E-state index in [0.29, 0.717) is 19.0 Å². The number of primary amides is 1. The average molecular weight is 229 g/mol. The van der Waals surface area contributed by atoms with Gasteiger partial charge in [0.1, 0.15) is 0 Å². The summed E-state index contributed by atoms with van der Waals surface area (Å²) in [6.07, 6.45) is 0.741. The van der Waals surface area contributed by atoms with Crippen molar-refractivity contribution in [1.29, 1.82) is 0 Å². The Morgan fingerprint density at radius 1 is 1.31 bits per heavy atom. The Kier molecular flexibility index (Phi) is 6.72. The number of nitrogens with zero attached hydrogens (tertiary/aromatic N) is 1. The summed E-state index contributed by atoms with van der Waals surface area (Å²) in [4.78, 5) is 24.3. The van der Waals surface area contributed by atoms with Crippen molar-refractivity contribution < 1.29 is 9.59 Å². The molecule has 0 aromatic rings. The van der Waals surface area contributed by atoms with E-state index in [0.717, 1.165) is 6.42 Å². The van der Waals surface area contributed by atoms with Crippen molar-refractivity contribution in [3.05, 3.63) is 0 Å². The molecule has 0 saturated heterocycles. The Morgan fingerprint density at radius 2 is 1.88 bits per heavy atom. The predicted molar refractivity (Wildman–Crippen MR) is 63.4 cm³/mol. The van der Waals surface area contributed by atoms with E-state index >= 15 is 0 Å². The van der Waals surface area contributed by atoms with E-state index in [9.17, 15) is 9.59 Å². The first-order valence-electron chi connectivity index (χ1n) is 5.69. The molecule has 4 N–H and O–H groups in total. The summed E-state index contributed by atoms with van der Waals surface area (Å²) < 4.78 is 0. The van der Waals surface area contributed by atoms with Crippen LogP contribution in [0.3, 0.4) is 0 Å². The van der Waals surface area contributed by atoms with Gasteiger partial charge >= 0.3 is 0 Å². The minimum Gasteiger partial charge on any atom is -0.368 e. The fourth-order valence-electron chi connectivity index (χ4n) is 1.66. The molecule has 0 bridgehead atoms. The summed E-state index contributed by atoms with van der Waals surface area (Å²) in [5.41, 5.74) is 10.7. The highest BCUT2D eigenvalue weighted by atomic mass is 16.2. The van der Waals surface area contributed by atoms with E-state index in [-0.39, 0.29) is 18.4 Å². The SMILES string of the molecule is CCN(CC(N)=O)C(=O)C(CN)CC(C)C. The normalized spacial score (nSPS) is 12.6. The summed E-state index contributed by atoms with van der Waals surface area (Å²) in [6, 6.07) is 0. The molecule has 0 aliphatic carbocycles. The molecule has 2 amide bonds. The Labute approximate surface area is 97.2 Å². The van der Waals surface area contributed by atoms with Gasteiger partial charge in [0.2, 0.25) is 11.8 Å². The summed E-state index contributed by atoms with van der Waals surface area (Å²) in [5, 5.41) is 0. The van der Waals surface area contributed by atoms with Crippen LogP contribution >= 0.6 is 0 Å². The molecule has 5 heteroatoms. The van der Waals surface area contributed by atoms with E-state index in [4.69, 9.17) is 11.5 Å². The molecule has 0 fully saturated rings. The first-order chi connectivity index (χ1) is 7.42. The molecule has 0 radical (unpaired) electrons. The number of nitrogens with two attached hydrogens (primary N) is 2. The van der Waals surface area contributed by atoms with Crippen LogP contribution in [-0.2, 0) is 9.59 Å². The van der Waals surface area contributed by atoms with Crippen LogP contribution in [0.25, 0.3) is 0 Å². The minimum atomic E-state index is -0.490. The van der Waals surface area contributed by atoms with Crippen LogP contribution in [0.5, 0.6) is 0 Å². The number of carbonyl (C=O) groups excluding carboxylic acids is 2. The maximum Gasteiger partial charge on any atom is 0.237 e. The molecular formula is C11H23N3O2. The highest BCUT2D eigenvalue weighted by Gasteiger charge is 2.23. The highest BCUT2D eigenvalue weighted by Crippen LogP contribution is 2.13. The summed E-state index contributed by atoms with van der Waals surface area (Å²) >= 11 is 0. The fraction of sp³-hybridized carbons (Fsp3) is 0.818. The molecule has 1 atom stereocenters. The van der Waals surface area contributed by atoms with Crippen LogP contribution in [0.4, 0.5) is 0 Å². The van der Waals surface area contributed by atoms with Crippen molar-refractivity contribution in [1.82, 2.24) is 4.90 Å². The molecule has 94 valence electrons. The molecule has 1 unspecified atom stereocenters. The lowest BCUT2D eigenvalue weighted by atomic mass is 9.96. The molecular weight excluding hydrogens is 206 g/mol. The molecule has 0 rings (SSSR count). The monoisotopic (exact) mass is 229 g/mol. The molecule has 0 saturated carbocycles. The first-order valence-corrected chi connectivity index (χ1v) is 5.69. The van der Waals surface area contributed by atoms with Crippen molar-refractivity contribution in [2.45, 2.75) is 27.2 Å². The van der Waals surface area contributed by atoms with Gasteiger partial charge in [-0.05, 0) is 19.3 Å². The second-order valence-electron chi connectivity index (χ2n) is 4.38.